The number of fused-ring (bicyclic) bond motifs is 1. The average molecular weight is 279 g/mol. The number of nitrogens with one attached hydrogen (secondary N) is 1. The smallest absolute Gasteiger partial charge is 0.159 e. The van der Waals surface area contributed by atoms with Crippen LogP contribution in [0.25, 0.3) is 5.65 Å². The van der Waals surface area contributed by atoms with Gasteiger partial charge in [0.05, 0.1) is 16.9 Å². The Morgan fingerprint density at radius 3 is 2.78 bits per heavy atom. The molecule has 0 fully saturated rings. The monoisotopic (exact) mass is 278 g/mol. The van der Waals surface area contributed by atoms with Crippen LogP contribution in [0.5, 0.6) is 0 Å². The van der Waals surface area contributed by atoms with Gasteiger partial charge in [0.2, 0.25) is 0 Å². The summed E-state index contributed by atoms with van der Waals surface area (Å²) < 4.78 is 1.66. The predicted octanol–water partition coefficient (Wildman–Crippen LogP) is 3.78. The Morgan fingerprint density at radius 2 is 1.94 bits per heavy atom. The number of anilines is 2. The molecule has 2 aromatic heterocycles. The van der Waals surface area contributed by atoms with E-state index in [9.17, 15) is 0 Å². The Bertz CT molecular complexity index is 708. The molecule has 0 atom stereocenters. The lowest BCUT2D eigenvalue weighted by Crippen LogP contribution is -2.01. The summed E-state index contributed by atoms with van der Waals surface area (Å²) in [6.07, 6.45) is 1.66. The molecule has 3 rings (SSSR count). The van der Waals surface area contributed by atoms with E-state index in [4.69, 9.17) is 23.2 Å². The number of hydrogen-bond donors (Lipinski definition) is 1. The van der Waals surface area contributed by atoms with E-state index < -0.39 is 0 Å². The van der Waals surface area contributed by atoms with Gasteiger partial charge in [0.1, 0.15) is 11.0 Å². The summed E-state index contributed by atoms with van der Waals surface area (Å²) >= 11 is 12.1. The van der Waals surface area contributed by atoms with Crippen molar-refractivity contribution >= 4 is 40.4 Å². The third-order valence-corrected chi connectivity index (χ3v) is 2.99. The highest BCUT2D eigenvalue weighted by Crippen LogP contribution is 2.26. The van der Waals surface area contributed by atoms with E-state index in [1.54, 1.807) is 22.8 Å². The van der Waals surface area contributed by atoms with Crippen molar-refractivity contribution in [1.82, 2.24) is 14.6 Å². The van der Waals surface area contributed by atoms with Crippen molar-refractivity contribution in [2.75, 3.05) is 5.32 Å². The van der Waals surface area contributed by atoms with Crippen LogP contribution in [0.3, 0.4) is 0 Å². The first-order valence-corrected chi connectivity index (χ1v) is 6.01. The molecule has 0 aliphatic rings. The molecule has 6 heteroatoms. The maximum atomic E-state index is 6.10. The average Bonchev–Trinajstić information content (AvgIpc) is 2.80. The second-order valence-corrected chi connectivity index (χ2v) is 4.46. The van der Waals surface area contributed by atoms with Crippen LogP contribution < -0.4 is 5.32 Å². The fourth-order valence-electron chi connectivity index (χ4n) is 1.67. The van der Waals surface area contributed by atoms with E-state index in [-0.39, 0.29) is 0 Å². The second kappa shape index (κ2) is 4.48. The maximum Gasteiger partial charge on any atom is 0.159 e. The van der Waals surface area contributed by atoms with Gasteiger partial charge in [-0.1, -0.05) is 35.3 Å². The molecule has 1 N–H and O–H groups in total. The van der Waals surface area contributed by atoms with Crippen molar-refractivity contribution < 1.29 is 0 Å². The van der Waals surface area contributed by atoms with E-state index in [0.29, 0.717) is 21.6 Å². The maximum absolute atomic E-state index is 6.10. The quantitative estimate of drug-likeness (QED) is 0.726. The van der Waals surface area contributed by atoms with E-state index in [1.807, 2.05) is 24.3 Å². The van der Waals surface area contributed by atoms with E-state index >= 15 is 0 Å². The Kier molecular flexibility index (Phi) is 2.81. The summed E-state index contributed by atoms with van der Waals surface area (Å²) in [5.41, 5.74) is 1.47. The molecule has 0 amide bonds. The molecule has 0 unspecified atom stereocenters. The first kappa shape index (κ1) is 11.3. The highest BCUT2D eigenvalue weighted by Gasteiger charge is 2.07. The van der Waals surface area contributed by atoms with Gasteiger partial charge in [-0.05, 0) is 12.1 Å². The van der Waals surface area contributed by atoms with Gasteiger partial charge in [-0.2, -0.15) is 9.61 Å². The van der Waals surface area contributed by atoms with Crippen LogP contribution in [0.4, 0.5) is 11.5 Å². The summed E-state index contributed by atoms with van der Waals surface area (Å²) in [4.78, 5) is 4.15. The zero-order valence-electron chi connectivity index (χ0n) is 9.14. The third kappa shape index (κ3) is 2.00. The molecule has 0 bridgehead atoms. The normalized spacial score (nSPS) is 10.8. The fourth-order valence-corrected chi connectivity index (χ4v) is 2.04. The minimum Gasteiger partial charge on any atom is -0.339 e. The van der Waals surface area contributed by atoms with Crippen molar-refractivity contribution in [3.05, 3.63) is 52.8 Å². The van der Waals surface area contributed by atoms with Crippen LogP contribution in [-0.2, 0) is 0 Å². The van der Waals surface area contributed by atoms with Crippen LogP contribution in [0.15, 0.2) is 42.6 Å². The van der Waals surface area contributed by atoms with Gasteiger partial charge in [-0.15, -0.1) is 0 Å². The molecule has 0 aliphatic carbocycles. The molecule has 1 aromatic carbocycles. The van der Waals surface area contributed by atoms with Gasteiger partial charge in [0.25, 0.3) is 0 Å². The Balaban J connectivity index is 2.10. The number of halogens is 2. The molecular weight excluding hydrogens is 271 g/mol. The van der Waals surface area contributed by atoms with E-state index in [1.165, 1.54) is 0 Å². The van der Waals surface area contributed by atoms with Gasteiger partial charge in [-0.3, -0.25) is 0 Å². The number of hydrogen-bond acceptors (Lipinski definition) is 3. The molecule has 0 radical (unpaired) electrons. The highest BCUT2D eigenvalue weighted by molar-refractivity contribution is 6.33. The molecule has 18 heavy (non-hydrogen) atoms. The minimum atomic E-state index is 0.401. The van der Waals surface area contributed by atoms with Gasteiger partial charge in [0.15, 0.2) is 5.65 Å². The number of para-hydroxylation sites is 1. The molecule has 2 heterocycles. The SMILES string of the molecule is Clc1cc(Nc2ccccc2Cl)n2nccc2n1. The van der Waals surface area contributed by atoms with Crippen LogP contribution in [0.2, 0.25) is 10.2 Å². The van der Waals surface area contributed by atoms with Crippen molar-refractivity contribution in [1.29, 1.82) is 0 Å². The van der Waals surface area contributed by atoms with Crippen molar-refractivity contribution in [2.24, 2.45) is 0 Å². The summed E-state index contributed by atoms with van der Waals surface area (Å²) in [7, 11) is 0. The number of rotatable bonds is 2. The summed E-state index contributed by atoms with van der Waals surface area (Å²) in [5.74, 6) is 0.711. The second-order valence-electron chi connectivity index (χ2n) is 3.67. The van der Waals surface area contributed by atoms with Gasteiger partial charge >= 0.3 is 0 Å². The molecule has 0 saturated heterocycles. The molecule has 4 nitrogen and oxygen atoms in total. The Morgan fingerprint density at radius 1 is 1.11 bits per heavy atom. The highest BCUT2D eigenvalue weighted by atomic mass is 35.5. The van der Waals surface area contributed by atoms with Gasteiger partial charge < -0.3 is 5.32 Å². The minimum absolute atomic E-state index is 0.401. The largest absolute Gasteiger partial charge is 0.339 e. The first-order chi connectivity index (χ1) is 8.74. The van der Waals surface area contributed by atoms with Crippen LogP contribution >= 0.6 is 23.2 Å². The number of nitrogens with zero attached hydrogens (tertiary/aromatic N) is 3. The summed E-state index contributed by atoms with van der Waals surface area (Å²) in [6, 6.07) is 10.9. The lowest BCUT2D eigenvalue weighted by atomic mass is 10.3. The van der Waals surface area contributed by atoms with Crippen molar-refractivity contribution in [3.63, 3.8) is 0 Å². The Labute approximate surface area is 113 Å². The number of benzene rings is 1. The van der Waals surface area contributed by atoms with Gasteiger partial charge in [-0.25, -0.2) is 4.98 Å². The lowest BCUT2D eigenvalue weighted by Gasteiger charge is -2.09. The van der Waals surface area contributed by atoms with E-state index in [0.717, 1.165) is 5.69 Å². The zero-order valence-corrected chi connectivity index (χ0v) is 10.7. The molecule has 0 aliphatic heterocycles. The summed E-state index contributed by atoms with van der Waals surface area (Å²) in [5, 5.41) is 8.39. The van der Waals surface area contributed by atoms with Gasteiger partial charge in [0, 0.05) is 12.1 Å². The van der Waals surface area contributed by atoms with Crippen LogP contribution in [0, 0.1) is 0 Å². The third-order valence-electron chi connectivity index (χ3n) is 2.46. The standard InChI is InChI=1S/C12H8Cl2N4/c13-8-3-1-2-4-9(8)16-12-7-10(14)17-11-5-6-15-18(11)12/h1-7,16H. The molecule has 3 aromatic rings. The van der Waals surface area contributed by atoms with Crippen LogP contribution in [0.1, 0.15) is 0 Å². The molecule has 0 saturated carbocycles. The van der Waals surface area contributed by atoms with Crippen LogP contribution in [-0.4, -0.2) is 14.6 Å². The topological polar surface area (TPSA) is 42.2 Å². The lowest BCUT2D eigenvalue weighted by molar-refractivity contribution is 0.947. The Hall–Kier alpha value is -1.78. The fraction of sp³-hybridized carbons (Fsp3) is 0. The molecule has 0 spiro atoms. The van der Waals surface area contributed by atoms with E-state index in [2.05, 4.69) is 15.4 Å². The zero-order chi connectivity index (χ0) is 12.5. The molecule has 90 valence electrons. The predicted molar refractivity (Wildman–Crippen MR) is 72.7 cm³/mol. The molecular formula is C12H8Cl2N4. The van der Waals surface area contributed by atoms with Crippen molar-refractivity contribution in [2.45, 2.75) is 0 Å². The summed E-state index contributed by atoms with van der Waals surface area (Å²) in [6.45, 7) is 0. The number of aromatic nitrogens is 3. The first-order valence-electron chi connectivity index (χ1n) is 5.26. The van der Waals surface area contributed by atoms with Crippen molar-refractivity contribution in [3.8, 4) is 0 Å².